The van der Waals surface area contributed by atoms with Gasteiger partial charge in [-0.1, -0.05) is 6.07 Å². The molecule has 96 valence electrons. The first kappa shape index (κ1) is 14.1. The summed E-state index contributed by atoms with van der Waals surface area (Å²) in [4.78, 5) is 21.7. The monoisotopic (exact) mass is 268 g/mol. The number of hydrogen-bond donors (Lipinski definition) is 3. The van der Waals surface area contributed by atoms with Crippen LogP contribution in [0.4, 0.5) is 11.4 Å². The number of nitrogens with one attached hydrogen (secondary N) is 2. The number of rotatable bonds is 2. The minimum Gasteiger partial charge on any atom is -0.478 e. The summed E-state index contributed by atoms with van der Waals surface area (Å²) in [7, 11) is 0. The molecule has 1 aromatic rings. The summed E-state index contributed by atoms with van der Waals surface area (Å²) < 4.78 is 0. The molecule has 0 aromatic heterocycles. The van der Waals surface area contributed by atoms with Gasteiger partial charge in [-0.3, -0.25) is 4.79 Å². The van der Waals surface area contributed by atoms with E-state index in [4.69, 9.17) is 5.11 Å². The topological polar surface area (TPSA) is 78.4 Å². The third kappa shape index (κ3) is 3.49. The summed E-state index contributed by atoms with van der Waals surface area (Å²) in [6.45, 7) is 0.574. The summed E-state index contributed by atoms with van der Waals surface area (Å²) in [5, 5.41) is 14.4. The van der Waals surface area contributed by atoms with Gasteiger partial charge in [0.1, 0.15) is 0 Å². The Bertz CT molecular complexity index is 500. The van der Waals surface area contributed by atoms with Crippen molar-refractivity contribution in [2.75, 3.05) is 17.2 Å². The van der Waals surface area contributed by atoms with E-state index in [2.05, 4.69) is 10.6 Å². The highest BCUT2D eigenvalue weighted by Crippen LogP contribution is 2.25. The van der Waals surface area contributed by atoms with Gasteiger partial charge in [0.15, 0.2) is 0 Å². The summed E-state index contributed by atoms with van der Waals surface area (Å²) in [6.07, 6.45) is 3.02. The van der Waals surface area contributed by atoms with Crippen LogP contribution in [0.25, 0.3) is 6.08 Å². The Morgan fingerprint density at radius 2 is 2.11 bits per heavy atom. The zero-order valence-corrected chi connectivity index (χ0v) is 10.3. The van der Waals surface area contributed by atoms with E-state index in [1.165, 1.54) is 6.08 Å². The van der Waals surface area contributed by atoms with Crippen molar-refractivity contribution in [2.45, 2.75) is 6.42 Å². The number of benzene rings is 1. The third-order valence-electron chi connectivity index (χ3n) is 2.40. The van der Waals surface area contributed by atoms with Crippen molar-refractivity contribution in [1.82, 2.24) is 0 Å². The van der Waals surface area contributed by atoms with Gasteiger partial charge in [0, 0.05) is 19.0 Å². The van der Waals surface area contributed by atoms with Gasteiger partial charge in [0.25, 0.3) is 0 Å². The summed E-state index contributed by atoms with van der Waals surface area (Å²) in [6, 6.07) is 5.32. The fourth-order valence-electron chi connectivity index (χ4n) is 1.61. The Hall–Kier alpha value is -2.01. The standard InChI is InChI=1S/C12H12N2O3.ClH/c15-11-5-6-13-10-7-8(2-4-12(16)17)1-3-9(10)14-11;/h1-4,7,13H,5-6H2,(H,14,15)(H,16,17);1H. The number of anilines is 2. The average Bonchev–Trinajstić information content (AvgIpc) is 2.46. The number of carboxylic acid groups (broad SMARTS) is 1. The fraction of sp³-hybridized carbons (Fsp3) is 0.167. The number of carbonyl (C=O) groups excluding carboxylic acids is 1. The Balaban J connectivity index is 0.00000162. The van der Waals surface area contributed by atoms with Gasteiger partial charge in [-0.25, -0.2) is 4.79 Å². The van der Waals surface area contributed by atoms with Crippen molar-refractivity contribution < 1.29 is 14.7 Å². The first-order chi connectivity index (χ1) is 8.15. The molecule has 1 aromatic carbocycles. The summed E-state index contributed by atoms with van der Waals surface area (Å²) in [5.74, 6) is -1.01. The van der Waals surface area contributed by atoms with E-state index in [1.807, 2.05) is 0 Å². The Kier molecular flexibility index (Phi) is 4.74. The molecule has 0 spiro atoms. The van der Waals surface area contributed by atoms with E-state index < -0.39 is 5.97 Å². The van der Waals surface area contributed by atoms with Crippen LogP contribution in [0.1, 0.15) is 12.0 Å². The Morgan fingerprint density at radius 1 is 1.33 bits per heavy atom. The van der Waals surface area contributed by atoms with Gasteiger partial charge in [-0.15, -0.1) is 12.4 Å². The molecule has 3 N–H and O–H groups in total. The van der Waals surface area contributed by atoms with Crippen molar-refractivity contribution in [1.29, 1.82) is 0 Å². The zero-order valence-electron chi connectivity index (χ0n) is 9.47. The van der Waals surface area contributed by atoms with Crippen LogP contribution in [0.3, 0.4) is 0 Å². The van der Waals surface area contributed by atoms with E-state index >= 15 is 0 Å². The molecule has 0 aliphatic carbocycles. The summed E-state index contributed by atoms with van der Waals surface area (Å²) >= 11 is 0. The average molecular weight is 269 g/mol. The lowest BCUT2D eigenvalue weighted by molar-refractivity contribution is -0.131. The molecule has 5 nitrogen and oxygen atoms in total. The highest BCUT2D eigenvalue weighted by Gasteiger charge is 2.11. The lowest BCUT2D eigenvalue weighted by atomic mass is 10.1. The van der Waals surface area contributed by atoms with Gasteiger partial charge in [-0.2, -0.15) is 0 Å². The van der Waals surface area contributed by atoms with Crippen LogP contribution in [0, 0.1) is 0 Å². The van der Waals surface area contributed by atoms with Crippen molar-refractivity contribution in [3.05, 3.63) is 29.8 Å². The number of fused-ring (bicyclic) bond motifs is 1. The minimum absolute atomic E-state index is 0. The second kappa shape index (κ2) is 6.07. The molecule has 0 unspecified atom stereocenters. The van der Waals surface area contributed by atoms with Crippen LogP contribution >= 0.6 is 12.4 Å². The lowest BCUT2D eigenvalue weighted by Gasteiger charge is -2.08. The first-order valence-corrected chi connectivity index (χ1v) is 5.24. The van der Waals surface area contributed by atoms with Crippen LogP contribution < -0.4 is 10.6 Å². The quantitative estimate of drug-likeness (QED) is 0.717. The molecule has 0 radical (unpaired) electrons. The highest BCUT2D eigenvalue weighted by molar-refractivity contribution is 5.96. The minimum atomic E-state index is -0.985. The molecule has 2 rings (SSSR count). The second-order valence-corrected chi connectivity index (χ2v) is 3.70. The maximum atomic E-state index is 11.3. The highest BCUT2D eigenvalue weighted by atomic mass is 35.5. The number of carbonyl (C=O) groups is 2. The van der Waals surface area contributed by atoms with E-state index in [1.54, 1.807) is 18.2 Å². The Morgan fingerprint density at radius 3 is 2.83 bits per heavy atom. The van der Waals surface area contributed by atoms with Gasteiger partial charge in [0.05, 0.1) is 11.4 Å². The van der Waals surface area contributed by atoms with Gasteiger partial charge < -0.3 is 15.7 Å². The smallest absolute Gasteiger partial charge is 0.328 e. The molecule has 0 fully saturated rings. The molecule has 0 saturated heterocycles. The van der Waals surface area contributed by atoms with Crippen molar-refractivity contribution in [3.8, 4) is 0 Å². The summed E-state index contributed by atoms with van der Waals surface area (Å²) in [5.41, 5.74) is 2.30. The lowest BCUT2D eigenvalue weighted by Crippen LogP contribution is -2.10. The molecule has 1 heterocycles. The van der Waals surface area contributed by atoms with Crippen LogP contribution in [-0.4, -0.2) is 23.5 Å². The van der Waals surface area contributed by atoms with Crippen molar-refractivity contribution in [3.63, 3.8) is 0 Å². The van der Waals surface area contributed by atoms with Crippen molar-refractivity contribution >= 4 is 41.7 Å². The van der Waals surface area contributed by atoms with Gasteiger partial charge in [0.2, 0.25) is 5.91 Å². The largest absolute Gasteiger partial charge is 0.478 e. The molecule has 0 saturated carbocycles. The SMILES string of the molecule is Cl.O=C(O)C=Cc1ccc2c(c1)NCCC(=O)N2. The molecular weight excluding hydrogens is 256 g/mol. The fourth-order valence-corrected chi connectivity index (χ4v) is 1.61. The molecular formula is C12H13ClN2O3. The van der Waals surface area contributed by atoms with Crippen molar-refractivity contribution in [2.24, 2.45) is 0 Å². The van der Waals surface area contributed by atoms with Gasteiger partial charge >= 0.3 is 5.97 Å². The molecule has 1 aliphatic heterocycles. The van der Waals surface area contributed by atoms with Crippen LogP contribution in [0.2, 0.25) is 0 Å². The number of halogens is 1. The normalized spacial score (nSPS) is 13.9. The number of amides is 1. The third-order valence-corrected chi connectivity index (χ3v) is 2.40. The molecule has 0 bridgehead atoms. The number of carboxylic acids is 1. The van der Waals surface area contributed by atoms with Crippen LogP contribution in [-0.2, 0) is 9.59 Å². The molecule has 1 amide bonds. The predicted molar refractivity (Wildman–Crippen MR) is 72.1 cm³/mol. The molecule has 6 heteroatoms. The van der Waals surface area contributed by atoms with E-state index in [0.29, 0.717) is 13.0 Å². The first-order valence-electron chi connectivity index (χ1n) is 5.24. The van der Waals surface area contributed by atoms with Crippen LogP contribution in [0.15, 0.2) is 24.3 Å². The molecule has 1 aliphatic rings. The number of aliphatic carboxylic acids is 1. The zero-order chi connectivity index (χ0) is 12.3. The van der Waals surface area contributed by atoms with E-state index in [-0.39, 0.29) is 18.3 Å². The number of hydrogen-bond acceptors (Lipinski definition) is 3. The van der Waals surface area contributed by atoms with Crippen LogP contribution in [0.5, 0.6) is 0 Å². The van der Waals surface area contributed by atoms with E-state index in [9.17, 15) is 9.59 Å². The Labute approximate surface area is 110 Å². The van der Waals surface area contributed by atoms with E-state index in [0.717, 1.165) is 23.0 Å². The maximum Gasteiger partial charge on any atom is 0.328 e. The maximum absolute atomic E-state index is 11.3. The molecule has 18 heavy (non-hydrogen) atoms. The molecule has 0 atom stereocenters. The second-order valence-electron chi connectivity index (χ2n) is 3.70. The van der Waals surface area contributed by atoms with Gasteiger partial charge in [-0.05, 0) is 23.8 Å². The predicted octanol–water partition coefficient (Wildman–Crippen LogP) is 1.96.